The van der Waals surface area contributed by atoms with Crippen molar-refractivity contribution in [3.63, 3.8) is 0 Å². The third-order valence-corrected chi connectivity index (χ3v) is 6.35. The van der Waals surface area contributed by atoms with Gasteiger partial charge in [0.05, 0.1) is 15.9 Å². The third-order valence-electron chi connectivity index (χ3n) is 4.95. The fourth-order valence-electron chi connectivity index (χ4n) is 3.64. The van der Waals surface area contributed by atoms with Crippen molar-refractivity contribution in [1.29, 1.82) is 0 Å². The molecule has 3 rings (SSSR count). The predicted octanol–water partition coefficient (Wildman–Crippen LogP) is 5.53. The molecule has 4 radical (unpaired) electrons. The summed E-state index contributed by atoms with van der Waals surface area (Å²) in [5.41, 5.74) is 2.81. The van der Waals surface area contributed by atoms with E-state index in [1.54, 1.807) is 0 Å². The van der Waals surface area contributed by atoms with Crippen LogP contribution in [0.25, 0.3) is 0 Å². The Morgan fingerprint density at radius 3 is 1.97 bits per heavy atom. The first kappa shape index (κ1) is 27.5. The molecule has 1 fully saturated rings. The average molecular weight is 430 g/mol. The lowest BCUT2D eigenvalue weighted by atomic mass is 9.87. The second kappa shape index (κ2) is 15.3. The maximum Gasteiger partial charge on any atom is 0.102 e. The maximum atomic E-state index is 5.84. The Balaban J connectivity index is 0.000000277. The predicted molar refractivity (Wildman–Crippen MR) is 143 cm³/mol. The van der Waals surface area contributed by atoms with Gasteiger partial charge in [0, 0.05) is 13.1 Å². The van der Waals surface area contributed by atoms with Crippen LogP contribution in [0.5, 0.6) is 0 Å². The monoisotopic (exact) mass is 430 g/mol. The van der Waals surface area contributed by atoms with Crippen molar-refractivity contribution in [2.24, 2.45) is 0 Å². The SMILES string of the molecule is CCN(Cc1ccccc1)C[Si](C)(C)C.[B]C1CCN(Cc2ccccc2)C1.[B]C=C. The molecule has 164 valence electrons. The lowest BCUT2D eigenvalue weighted by Gasteiger charge is -2.27. The van der Waals surface area contributed by atoms with Gasteiger partial charge in [-0.2, -0.15) is 0 Å². The number of hydrogen-bond acceptors (Lipinski definition) is 2. The molecule has 0 amide bonds. The molecule has 2 aromatic carbocycles. The topological polar surface area (TPSA) is 6.48 Å². The first-order valence-corrected chi connectivity index (χ1v) is 15.1. The molecule has 1 aliphatic heterocycles. The molecule has 2 nitrogen and oxygen atoms in total. The summed E-state index contributed by atoms with van der Waals surface area (Å²) < 4.78 is 0. The number of rotatable bonds is 7. The molecule has 1 aliphatic rings. The van der Waals surface area contributed by atoms with E-state index in [-0.39, 0.29) is 0 Å². The highest BCUT2D eigenvalue weighted by molar-refractivity contribution is 6.76. The van der Waals surface area contributed by atoms with Gasteiger partial charge in [0.1, 0.15) is 7.85 Å². The van der Waals surface area contributed by atoms with Gasteiger partial charge in [-0.25, -0.2) is 0 Å². The van der Waals surface area contributed by atoms with Crippen molar-refractivity contribution in [2.75, 3.05) is 25.8 Å². The molecule has 0 aromatic heterocycles. The first-order chi connectivity index (χ1) is 14.8. The Kier molecular flexibility index (Phi) is 13.5. The molecule has 0 saturated carbocycles. The Morgan fingerprint density at radius 2 is 1.55 bits per heavy atom. The summed E-state index contributed by atoms with van der Waals surface area (Å²) in [5.74, 6) is 1.64. The zero-order valence-corrected chi connectivity index (χ0v) is 21.1. The van der Waals surface area contributed by atoms with E-state index in [9.17, 15) is 0 Å². The lowest BCUT2D eigenvalue weighted by Crippen LogP contribution is -2.39. The van der Waals surface area contributed by atoms with Gasteiger partial charge in [0.2, 0.25) is 0 Å². The van der Waals surface area contributed by atoms with Crippen LogP contribution in [0.1, 0.15) is 24.5 Å². The molecule has 1 unspecified atom stereocenters. The summed E-state index contributed by atoms with van der Waals surface area (Å²) in [6.07, 6.45) is 2.44. The molecular weight excluding hydrogens is 390 g/mol. The van der Waals surface area contributed by atoms with E-state index in [2.05, 4.69) is 111 Å². The Hall–Kier alpha value is -1.55. The molecule has 0 spiro atoms. The normalized spacial score (nSPS) is 16.1. The minimum atomic E-state index is -0.969. The van der Waals surface area contributed by atoms with Crippen molar-refractivity contribution >= 4 is 23.8 Å². The van der Waals surface area contributed by atoms with E-state index in [0.29, 0.717) is 5.82 Å². The summed E-state index contributed by atoms with van der Waals surface area (Å²) in [7, 11) is 9.48. The van der Waals surface area contributed by atoms with Gasteiger partial charge in [-0.3, -0.25) is 4.90 Å². The quantitative estimate of drug-likeness (QED) is 0.533. The van der Waals surface area contributed by atoms with Crippen LogP contribution in [0.2, 0.25) is 25.5 Å². The summed E-state index contributed by atoms with van der Waals surface area (Å²) in [6.45, 7) is 18.2. The third kappa shape index (κ3) is 13.5. The van der Waals surface area contributed by atoms with Gasteiger partial charge in [-0.15, -0.1) is 12.6 Å². The highest BCUT2D eigenvalue weighted by Gasteiger charge is 2.18. The van der Waals surface area contributed by atoms with Crippen LogP contribution in [0, 0.1) is 0 Å². The van der Waals surface area contributed by atoms with Crippen molar-refractivity contribution in [1.82, 2.24) is 9.80 Å². The fraction of sp³-hybridized carbons (Fsp3) is 0.462. The molecule has 0 aliphatic carbocycles. The molecule has 5 heteroatoms. The maximum absolute atomic E-state index is 5.84. The summed E-state index contributed by atoms with van der Waals surface area (Å²) in [6, 6.07) is 21.3. The minimum Gasteiger partial charge on any atom is -0.302 e. The standard InChI is InChI=1S/C13H23NSi.C11H14BN.C2H3B/c1-5-14(12-15(2,3)4)11-13-9-7-6-8-10-13;12-11-6-7-13(9-11)8-10-4-2-1-3-5-10;1-2-3/h6-10H,5,11-12H2,1-4H3;1-5,11H,6-9H2;2H,1H2. The second-order valence-electron chi connectivity index (χ2n) is 9.35. The second-order valence-corrected chi connectivity index (χ2v) is 14.8. The molecule has 2 aromatic rings. The summed E-state index contributed by atoms with van der Waals surface area (Å²) in [4.78, 5) is 4.97. The Bertz CT molecular complexity index is 704. The van der Waals surface area contributed by atoms with Crippen LogP contribution < -0.4 is 0 Å². The van der Waals surface area contributed by atoms with Crippen LogP contribution in [-0.4, -0.2) is 59.4 Å². The number of hydrogen-bond donors (Lipinski definition) is 0. The van der Waals surface area contributed by atoms with E-state index >= 15 is 0 Å². The number of nitrogens with zero attached hydrogens (tertiary/aromatic N) is 2. The van der Waals surface area contributed by atoms with Crippen molar-refractivity contribution in [3.8, 4) is 0 Å². The zero-order valence-electron chi connectivity index (χ0n) is 20.1. The van der Waals surface area contributed by atoms with Gasteiger partial charge in [0.15, 0.2) is 0 Å². The van der Waals surface area contributed by atoms with E-state index in [1.807, 2.05) is 0 Å². The average Bonchev–Trinajstić information content (AvgIpc) is 3.14. The van der Waals surface area contributed by atoms with Crippen LogP contribution >= 0.6 is 0 Å². The van der Waals surface area contributed by atoms with E-state index in [0.717, 1.165) is 39.1 Å². The largest absolute Gasteiger partial charge is 0.302 e. The van der Waals surface area contributed by atoms with Crippen molar-refractivity contribution in [3.05, 3.63) is 84.3 Å². The van der Waals surface area contributed by atoms with Crippen molar-refractivity contribution in [2.45, 2.75) is 51.9 Å². The molecule has 0 N–H and O–H groups in total. The summed E-state index contributed by atoms with van der Waals surface area (Å²) >= 11 is 0. The minimum absolute atomic E-state index is 0.392. The molecular formula is C26H40B2N2Si. The van der Waals surface area contributed by atoms with E-state index in [1.165, 1.54) is 23.3 Å². The Labute approximate surface area is 195 Å². The fourth-order valence-corrected chi connectivity index (χ4v) is 5.32. The van der Waals surface area contributed by atoms with Crippen LogP contribution in [0.4, 0.5) is 0 Å². The van der Waals surface area contributed by atoms with E-state index in [4.69, 9.17) is 7.85 Å². The van der Waals surface area contributed by atoms with Crippen LogP contribution in [0.15, 0.2) is 73.2 Å². The molecule has 0 bridgehead atoms. The van der Waals surface area contributed by atoms with Gasteiger partial charge in [-0.05, 0) is 43.4 Å². The van der Waals surface area contributed by atoms with E-state index < -0.39 is 8.07 Å². The van der Waals surface area contributed by atoms with Crippen molar-refractivity contribution < 1.29 is 0 Å². The highest BCUT2D eigenvalue weighted by Crippen LogP contribution is 2.19. The number of likely N-dealkylation sites (tertiary alicyclic amines) is 1. The first-order valence-electron chi connectivity index (χ1n) is 11.4. The van der Waals surface area contributed by atoms with Gasteiger partial charge >= 0.3 is 0 Å². The van der Waals surface area contributed by atoms with Gasteiger partial charge in [0.25, 0.3) is 0 Å². The van der Waals surface area contributed by atoms with Gasteiger partial charge in [-0.1, -0.05) is 93.0 Å². The summed E-state index contributed by atoms with van der Waals surface area (Å²) in [5, 5.41) is 0. The van der Waals surface area contributed by atoms with Gasteiger partial charge < -0.3 is 4.90 Å². The molecule has 1 heterocycles. The Morgan fingerprint density at radius 1 is 1.03 bits per heavy atom. The molecule has 1 atom stereocenters. The molecule has 31 heavy (non-hydrogen) atoms. The lowest BCUT2D eigenvalue weighted by molar-refractivity contribution is 0.321. The highest BCUT2D eigenvalue weighted by atomic mass is 28.3. The van der Waals surface area contributed by atoms with Crippen LogP contribution in [0.3, 0.4) is 0 Å². The molecule has 1 saturated heterocycles. The number of benzene rings is 2. The van der Waals surface area contributed by atoms with Crippen LogP contribution in [-0.2, 0) is 13.1 Å². The zero-order chi connectivity index (χ0) is 23.1. The smallest absolute Gasteiger partial charge is 0.102 e.